The first-order valence-electron chi connectivity index (χ1n) is 12.2. The number of nitrogens with zero attached hydrogens (tertiary/aromatic N) is 2. The van der Waals surface area contributed by atoms with Crippen LogP contribution in [0.4, 0.5) is 0 Å². The van der Waals surface area contributed by atoms with Crippen LogP contribution in [0.25, 0.3) is 10.9 Å². The van der Waals surface area contributed by atoms with Gasteiger partial charge in [0, 0.05) is 29.6 Å². The first-order valence-corrected chi connectivity index (χ1v) is 12.2. The Kier molecular flexibility index (Phi) is 5.52. The van der Waals surface area contributed by atoms with E-state index < -0.39 is 5.54 Å². The van der Waals surface area contributed by atoms with Crippen molar-refractivity contribution in [2.45, 2.75) is 32.1 Å². The van der Waals surface area contributed by atoms with E-state index >= 15 is 0 Å². The molecule has 1 N–H and O–H groups in total. The maximum atomic E-state index is 14.0. The van der Waals surface area contributed by atoms with Crippen molar-refractivity contribution in [3.8, 4) is 17.2 Å². The van der Waals surface area contributed by atoms with Crippen LogP contribution in [0.5, 0.6) is 17.2 Å². The molecule has 6 rings (SSSR count). The van der Waals surface area contributed by atoms with Crippen LogP contribution < -0.4 is 19.5 Å². The fourth-order valence-electron chi connectivity index (χ4n) is 5.19. The Hall–Kier alpha value is -4.46. The van der Waals surface area contributed by atoms with Gasteiger partial charge in [0.2, 0.25) is 12.7 Å². The van der Waals surface area contributed by atoms with Gasteiger partial charge in [0.15, 0.2) is 11.5 Å². The number of benzene rings is 3. The highest BCUT2D eigenvalue weighted by atomic mass is 16.7. The summed E-state index contributed by atoms with van der Waals surface area (Å²) >= 11 is 0. The number of methoxy groups -OCH3 is 1. The zero-order chi connectivity index (χ0) is 25.6. The fraction of sp³-hybridized carbons (Fsp3) is 0.241. The molecule has 37 heavy (non-hydrogen) atoms. The monoisotopic (exact) mass is 497 g/mol. The first kappa shape index (κ1) is 23.0. The standard InChI is InChI=1S/C29H27N3O5/c1-29(28(34)30-15-21-8-4-6-10-24(21)35-2)17-31-22-9-5-3-7-20(22)14-23(31)27(33)32(29)16-19-11-12-25-26(13-19)37-18-36-25/h3-14H,15-18H2,1-2H3,(H,30,34)/t29-/m1/s1. The summed E-state index contributed by atoms with van der Waals surface area (Å²) in [6.07, 6.45) is 0. The second kappa shape index (κ2) is 8.89. The molecule has 0 fully saturated rings. The number of para-hydroxylation sites is 2. The highest BCUT2D eigenvalue weighted by Crippen LogP contribution is 2.36. The summed E-state index contributed by atoms with van der Waals surface area (Å²) in [6, 6.07) is 22.9. The zero-order valence-electron chi connectivity index (χ0n) is 20.7. The van der Waals surface area contributed by atoms with Gasteiger partial charge in [-0.1, -0.05) is 42.5 Å². The zero-order valence-corrected chi connectivity index (χ0v) is 20.7. The highest BCUT2D eigenvalue weighted by Gasteiger charge is 2.47. The number of nitrogens with one attached hydrogen (secondary N) is 1. The lowest BCUT2D eigenvalue weighted by atomic mass is 9.93. The first-order chi connectivity index (χ1) is 18.0. The summed E-state index contributed by atoms with van der Waals surface area (Å²) in [5.41, 5.74) is 2.06. The van der Waals surface area contributed by atoms with E-state index in [4.69, 9.17) is 14.2 Å². The Morgan fingerprint density at radius 3 is 2.68 bits per heavy atom. The SMILES string of the molecule is COc1ccccc1CNC(=O)[C@@]1(C)Cn2c(cc3ccccc32)C(=O)N1Cc1ccc2c(c1)OCO2. The molecule has 8 nitrogen and oxygen atoms in total. The number of carbonyl (C=O) groups excluding carboxylic acids is 2. The molecular formula is C29H27N3O5. The van der Waals surface area contributed by atoms with E-state index in [-0.39, 0.29) is 31.7 Å². The van der Waals surface area contributed by atoms with Crippen molar-refractivity contribution in [1.82, 2.24) is 14.8 Å². The van der Waals surface area contributed by atoms with Crippen molar-refractivity contribution in [2.24, 2.45) is 0 Å². The Bertz CT molecular complexity index is 1530. The number of fused-ring (bicyclic) bond motifs is 4. The third kappa shape index (κ3) is 3.85. The van der Waals surface area contributed by atoms with Gasteiger partial charge >= 0.3 is 0 Å². The summed E-state index contributed by atoms with van der Waals surface area (Å²) in [7, 11) is 1.60. The predicted octanol–water partition coefficient (Wildman–Crippen LogP) is 4.11. The van der Waals surface area contributed by atoms with E-state index in [9.17, 15) is 9.59 Å². The van der Waals surface area contributed by atoms with Crippen LogP contribution in [0.2, 0.25) is 0 Å². The lowest BCUT2D eigenvalue weighted by Gasteiger charge is -2.44. The van der Waals surface area contributed by atoms with Gasteiger partial charge in [0.05, 0.1) is 13.7 Å². The van der Waals surface area contributed by atoms with Crippen LogP contribution in [0.15, 0.2) is 72.8 Å². The molecule has 4 aromatic rings. The molecular weight excluding hydrogens is 470 g/mol. The molecule has 0 radical (unpaired) electrons. The highest BCUT2D eigenvalue weighted by molar-refractivity contribution is 6.03. The molecule has 2 aliphatic heterocycles. The Balaban J connectivity index is 1.37. The van der Waals surface area contributed by atoms with Gasteiger partial charge in [-0.3, -0.25) is 9.59 Å². The summed E-state index contributed by atoms with van der Waals surface area (Å²) in [5, 5.41) is 4.03. The number of hydrogen-bond acceptors (Lipinski definition) is 5. The number of hydrogen-bond donors (Lipinski definition) is 1. The average molecular weight is 498 g/mol. The summed E-state index contributed by atoms with van der Waals surface area (Å²) in [5.74, 6) is 1.57. The van der Waals surface area contributed by atoms with Gasteiger partial charge in [-0.2, -0.15) is 0 Å². The largest absolute Gasteiger partial charge is 0.496 e. The third-order valence-electron chi connectivity index (χ3n) is 7.24. The number of carbonyl (C=O) groups is 2. The van der Waals surface area contributed by atoms with Crippen LogP contribution in [-0.4, -0.2) is 40.7 Å². The summed E-state index contributed by atoms with van der Waals surface area (Å²) in [4.78, 5) is 29.5. The minimum absolute atomic E-state index is 0.171. The second-order valence-electron chi connectivity index (χ2n) is 9.52. The van der Waals surface area contributed by atoms with Crippen LogP contribution in [0.1, 0.15) is 28.5 Å². The van der Waals surface area contributed by atoms with Crippen molar-refractivity contribution < 1.29 is 23.8 Å². The molecule has 0 saturated heterocycles. The average Bonchev–Trinajstić information content (AvgIpc) is 3.54. The lowest BCUT2D eigenvalue weighted by molar-refractivity contribution is -0.133. The molecule has 1 aromatic heterocycles. The van der Waals surface area contributed by atoms with Crippen LogP contribution >= 0.6 is 0 Å². The number of ether oxygens (including phenoxy) is 3. The molecule has 0 unspecified atom stereocenters. The molecule has 3 aromatic carbocycles. The third-order valence-corrected chi connectivity index (χ3v) is 7.24. The van der Waals surface area contributed by atoms with Gasteiger partial charge in [-0.05, 0) is 42.8 Å². The quantitative estimate of drug-likeness (QED) is 0.434. The Morgan fingerprint density at radius 1 is 1.03 bits per heavy atom. The Morgan fingerprint density at radius 2 is 1.81 bits per heavy atom. The summed E-state index contributed by atoms with van der Waals surface area (Å²) < 4.78 is 18.4. The number of aromatic nitrogens is 1. The molecule has 0 saturated carbocycles. The van der Waals surface area contributed by atoms with Gasteiger partial charge in [0.25, 0.3) is 5.91 Å². The predicted molar refractivity (Wildman–Crippen MR) is 138 cm³/mol. The van der Waals surface area contributed by atoms with Gasteiger partial charge in [0.1, 0.15) is 17.0 Å². The molecule has 188 valence electrons. The second-order valence-corrected chi connectivity index (χ2v) is 9.52. The van der Waals surface area contributed by atoms with Crippen molar-refractivity contribution in [2.75, 3.05) is 13.9 Å². The van der Waals surface area contributed by atoms with Crippen molar-refractivity contribution >= 4 is 22.7 Å². The van der Waals surface area contributed by atoms with E-state index in [0.29, 0.717) is 29.5 Å². The molecule has 1 atom stereocenters. The van der Waals surface area contributed by atoms with Crippen LogP contribution in [0.3, 0.4) is 0 Å². The van der Waals surface area contributed by atoms with Gasteiger partial charge < -0.3 is 29.0 Å². The Labute approximate surface area is 214 Å². The smallest absolute Gasteiger partial charge is 0.271 e. The van der Waals surface area contributed by atoms with Crippen LogP contribution in [-0.2, 0) is 24.4 Å². The minimum atomic E-state index is -1.15. The maximum Gasteiger partial charge on any atom is 0.271 e. The molecule has 8 heteroatoms. The van der Waals surface area contributed by atoms with Gasteiger partial charge in [-0.25, -0.2) is 0 Å². The molecule has 0 spiro atoms. The van der Waals surface area contributed by atoms with E-state index in [1.165, 1.54) is 0 Å². The van der Waals surface area contributed by atoms with Gasteiger partial charge in [-0.15, -0.1) is 0 Å². The van der Waals surface area contributed by atoms with Crippen molar-refractivity contribution in [3.63, 3.8) is 0 Å². The molecule has 0 bridgehead atoms. The number of amides is 2. The molecule has 3 heterocycles. The van der Waals surface area contributed by atoms with Crippen LogP contribution in [0, 0.1) is 0 Å². The van der Waals surface area contributed by atoms with Crippen molar-refractivity contribution in [1.29, 1.82) is 0 Å². The molecule has 2 aliphatic rings. The summed E-state index contributed by atoms with van der Waals surface area (Å²) in [6.45, 7) is 2.85. The molecule has 2 amide bonds. The number of rotatable bonds is 6. The van der Waals surface area contributed by atoms with E-state index in [2.05, 4.69) is 5.32 Å². The topological polar surface area (TPSA) is 82.0 Å². The van der Waals surface area contributed by atoms with E-state index in [0.717, 1.165) is 22.0 Å². The molecule has 0 aliphatic carbocycles. The fourth-order valence-corrected chi connectivity index (χ4v) is 5.19. The van der Waals surface area contributed by atoms with E-state index in [1.807, 2.05) is 84.3 Å². The normalized spacial score (nSPS) is 18.1. The lowest BCUT2D eigenvalue weighted by Crippen LogP contribution is -2.63. The minimum Gasteiger partial charge on any atom is -0.496 e. The van der Waals surface area contributed by atoms with Crippen molar-refractivity contribution in [3.05, 3.63) is 89.6 Å². The van der Waals surface area contributed by atoms with E-state index in [1.54, 1.807) is 12.0 Å². The maximum absolute atomic E-state index is 14.0.